The Hall–Kier alpha value is -2.12. The van der Waals surface area contributed by atoms with Gasteiger partial charge >= 0.3 is 5.97 Å². The summed E-state index contributed by atoms with van der Waals surface area (Å²) >= 11 is 19.0. The molecule has 28 heavy (non-hydrogen) atoms. The fourth-order valence-corrected chi connectivity index (χ4v) is 4.11. The van der Waals surface area contributed by atoms with Gasteiger partial charge in [0.05, 0.1) is 22.9 Å². The number of carbonyl (C=O) groups is 1. The van der Waals surface area contributed by atoms with Crippen molar-refractivity contribution in [3.63, 3.8) is 0 Å². The maximum Gasteiger partial charge on any atom is 0.341 e. The minimum Gasteiger partial charge on any atom is -0.462 e. The van der Waals surface area contributed by atoms with Crippen molar-refractivity contribution >= 4 is 68.5 Å². The lowest BCUT2D eigenvalue weighted by Gasteiger charge is -2.12. The Bertz CT molecular complexity index is 1010. The minimum atomic E-state index is -0.410. The predicted octanol–water partition coefficient (Wildman–Crippen LogP) is 6.71. The molecule has 3 rings (SSSR count). The maximum absolute atomic E-state index is 12.4. The molecule has 1 aromatic heterocycles. The average Bonchev–Trinajstić information content (AvgIpc) is 3.09. The second kappa shape index (κ2) is 9.39. The van der Waals surface area contributed by atoms with E-state index in [0.717, 1.165) is 10.4 Å². The van der Waals surface area contributed by atoms with Crippen LogP contribution in [-0.2, 0) is 4.74 Å². The first kappa shape index (κ1) is 20.6. The molecule has 144 valence electrons. The summed E-state index contributed by atoms with van der Waals surface area (Å²) < 4.78 is 5.18. The first-order chi connectivity index (χ1) is 13.5. The third-order valence-electron chi connectivity index (χ3n) is 3.69. The molecule has 1 heterocycles. The van der Waals surface area contributed by atoms with Crippen LogP contribution in [0.15, 0.2) is 54.6 Å². The van der Waals surface area contributed by atoms with Gasteiger partial charge in [-0.3, -0.25) is 0 Å². The first-order valence-corrected chi connectivity index (χ1v) is 10.4. The number of nitrogens with one attached hydrogen (secondary N) is 2. The van der Waals surface area contributed by atoms with Crippen molar-refractivity contribution in [2.75, 3.05) is 17.2 Å². The summed E-state index contributed by atoms with van der Waals surface area (Å²) in [5.41, 5.74) is 2.00. The molecule has 0 fully saturated rings. The van der Waals surface area contributed by atoms with E-state index >= 15 is 0 Å². The van der Waals surface area contributed by atoms with E-state index < -0.39 is 5.97 Å². The number of hydrogen-bond acceptors (Lipinski definition) is 4. The van der Waals surface area contributed by atoms with Crippen LogP contribution in [0.3, 0.4) is 0 Å². The smallest absolute Gasteiger partial charge is 0.341 e. The van der Waals surface area contributed by atoms with Gasteiger partial charge < -0.3 is 15.4 Å². The van der Waals surface area contributed by atoms with Gasteiger partial charge in [-0.15, -0.1) is 11.3 Å². The van der Waals surface area contributed by atoms with Gasteiger partial charge in [0.25, 0.3) is 0 Å². The van der Waals surface area contributed by atoms with E-state index in [2.05, 4.69) is 10.6 Å². The van der Waals surface area contributed by atoms with Gasteiger partial charge in [-0.25, -0.2) is 4.79 Å². The Morgan fingerprint density at radius 3 is 2.57 bits per heavy atom. The number of esters is 1. The molecule has 3 aromatic rings. The van der Waals surface area contributed by atoms with Crippen molar-refractivity contribution in [3.05, 3.63) is 70.2 Å². The zero-order chi connectivity index (χ0) is 20.1. The molecule has 0 radical (unpaired) electrons. The Morgan fingerprint density at radius 2 is 1.86 bits per heavy atom. The summed E-state index contributed by atoms with van der Waals surface area (Å²) in [6, 6.07) is 16.6. The number of hydrogen-bond donors (Lipinski definition) is 2. The van der Waals surface area contributed by atoms with Gasteiger partial charge in [-0.2, -0.15) is 0 Å². The third kappa shape index (κ3) is 5.02. The summed E-state index contributed by atoms with van der Waals surface area (Å²) in [6.07, 6.45) is 0. The highest BCUT2D eigenvalue weighted by Crippen LogP contribution is 2.36. The van der Waals surface area contributed by atoms with E-state index in [9.17, 15) is 4.79 Å². The summed E-state index contributed by atoms with van der Waals surface area (Å²) in [4.78, 5) is 13.3. The quantitative estimate of drug-likeness (QED) is 0.334. The van der Waals surface area contributed by atoms with Crippen molar-refractivity contribution in [3.8, 4) is 10.4 Å². The minimum absolute atomic E-state index is 0.287. The highest BCUT2D eigenvalue weighted by Gasteiger charge is 2.19. The molecular formula is C20H16Cl2N2O2S2. The van der Waals surface area contributed by atoms with Crippen LogP contribution in [-0.4, -0.2) is 17.7 Å². The van der Waals surface area contributed by atoms with Crippen LogP contribution in [0.2, 0.25) is 10.0 Å². The Balaban J connectivity index is 1.87. The molecule has 0 atom stereocenters. The lowest BCUT2D eigenvalue weighted by atomic mass is 10.1. The lowest BCUT2D eigenvalue weighted by molar-refractivity contribution is 0.0528. The van der Waals surface area contributed by atoms with Crippen LogP contribution < -0.4 is 10.6 Å². The number of halogens is 2. The molecule has 0 saturated heterocycles. The molecule has 0 aliphatic rings. The number of carbonyl (C=O) groups excluding carboxylic acids is 1. The van der Waals surface area contributed by atoms with Gasteiger partial charge in [-0.05, 0) is 49.0 Å². The van der Waals surface area contributed by atoms with Crippen molar-refractivity contribution in [2.45, 2.75) is 6.92 Å². The van der Waals surface area contributed by atoms with Crippen molar-refractivity contribution < 1.29 is 9.53 Å². The fraction of sp³-hybridized carbons (Fsp3) is 0.100. The summed E-state index contributed by atoms with van der Waals surface area (Å²) in [7, 11) is 0. The molecular weight excluding hydrogens is 435 g/mol. The normalized spacial score (nSPS) is 10.4. The van der Waals surface area contributed by atoms with Crippen molar-refractivity contribution in [1.29, 1.82) is 0 Å². The Morgan fingerprint density at radius 1 is 1.11 bits per heavy atom. The van der Waals surface area contributed by atoms with E-state index in [1.807, 2.05) is 30.3 Å². The predicted molar refractivity (Wildman–Crippen MR) is 122 cm³/mol. The highest BCUT2D eigenvalue weighted by molar-refractivity contribution is 7.80. The lowest BCUT2D eigenvalue weighted by Crippen LogP contribution is -2.20. The number of rotatable bonds is 5. The van der Waals surface area contributed by atoms with E-state index in [1.54, 1.807) is 31.2 Å². The molecule has 0 unspecified atom stereocenters. The van der Waals surface area contributed by atoms with Crippen LogP contribution in [0.25, 0.3) is 10.4 Å². The van der Waals surface area contributed by atoms with E-state index in [0.29, 0.717) is 26.3 Å². The van der Waals surface area contributed by atoms with E-state index in [1.165, 1.54) is 11.3 Å². The molecule has 0 saturated carbocycles. The summed E-state index contributed by atoms with van der Waals surface area (Å²) in [6.45, 7) is 2.05. The molecule has 2 N–H and O–H groups in total. The molecule has 0 amide bonds. The van der Waals surface area contributed by atoms with E-state index in [4.69, 9.17) is 40.2 Å². The second-order valence-corrected chi connectivity index (χ2v) is 7.95. The largest absolute Gasteiger partial charge is 0.462 e. The molecule has 8 heteroatoms. The van der Waals surface area contributed by atoms with Gasteiger partial charge in [0, 0.05) is 9.90 Å². The van der Waals surface area contributed by atoms with Crippen LogP contribution in [0.4, 0.5) is 10.7 Å². The monoisotopic (exact) mass is 450 g/mol. The fourth-order valence-electron chi connectivity index (χ4n) is 2.44. The number of ether oxygens (including phenoxy) is 1. The molecule has 2 aromatic carbocycles. The van der Waals surface area contributed by atoms with Crippen LogP contribution in [0.5, 0.6) is 0 Å². The molecule has 0 aliphatic heterocycles. The Kier molecular flexibility index (Phi) is 6.91. The Labute approximate surface area is 182 Å². The number of thiocarbonyl (C=S) groups is 1. The molecule has 0 spiro atoms. The van der Waals surface area contributed by atoms with Crippen LogP contribution in [0, 0.1) is 0 Å². The SMILES string of the molecule is CCOC(=O)c1cc(-c2ccccc2)sc1NC(=S)Nc1cc(Cl)ccc1Cl. The summed E-state index contributed by atoms with van der Waals surface area (Å²) in [5, 5.41) is 7.97. The molecule has 0 aliphatic carbocycles. The van der Waals surface area contributed by atoms with Crippen LogP contribution in [0.1, 0.15) is 17.3 Å². The van der Waals surface area contributed by atoms with Gasteiger partial charge in [0.15, 0.2) is 5.11 Å². The van der Waals surface area contributed by atoms with Gasteiger partial charge in [0.2, 0.25) is 0 Å². The van der Waals surface area contributed by atoms with Crippen molar-refractivity contribution in [1.82, 2.24) is 0 Å². The average molecular weight is 451 g/mol. The second-order valence-electron chi connectivity index (χ2n) is 5.64. The standard InChI is InChI=1S/C20H16Cl2N2O2S2/c1-2-26-19(25)14-11-17(12-6-4-3-5-7-12)28-18(14)24-20(27)23-16-10-13(21)8-9-15(16)22/h3-11H,2H2,1H3,(H2,23,24,27). The zero-order valence-electron chi connectivity index (χ0n) is 14.8. The van der Waals surface area contributed by atoms with Crippen LogP contribution >= 0.6 is 46.8 Å². The van der Waals surface area contributed by atoms with Crippen molar-refractivity contribution in [2.24, 2.45) is 0 Å². The maximum atomic E-state index is 12.4. The molecule has 0 bridgehead atoms. The number of anilines is 2. The number of benzene rings is 2. The third-order valence-corrected chi connectivity index (χ3v) is 5.56. The van der Waals surface area contributed by atoms with Gasteiger partial charge in [-0.1, -0.05) is 53.5 Å². The summed E-state index contributed by atoms with van der Waals surface area (Å²) in [5.74, 6) is -0.410. The first-order valence-electron chi connectivity index (χ1n) is 8.37. The van der Waals surface area contributed by atoms with Gasteiger partial charge in [0.1, 0.15) is 5.00 Å². The van der Waals surface area contributed by atoms with E-state index in [-0.39, 0.29) is 11.7 Å². The molecule has 4 nitrogen and oxygen atoms in total. The zero-order valence-corrected chi connectivity index (χ0v) is 17.9. The topological polar surface area (TPSA) is 50.4 Å². The highest BCUT2D eigenvalue weighted by atomic mass is 35.5. The number of thiophene rings is 1.